The number of aromatic nitrogens is 2. The van der Waals surface area contributed by atoms with Crippen LogP contribution >= 0.6 is 27.5 Å². The minimum absolute atomic E-state index is 0.656. The van der Waals surface area contributed by atoms with Crippen molar-refractivity contribution in [3.8, 4) is 0 Å². The summed E-state index contributed by atoms with van der Waals surface area (Å²) in [5.41, 5.74) is 2.23. The molecule has 90 valence electrons. The Morgan fingerprint density at radius 2 is 2.25 bits per heavy atom. The van der Waals surface area contributed by atoms with E-state index in [0.29, 0.717) is 4.83 Å². The molecule has 1 saturated carbocycles. The van der Waals surface area contributed by atoms with Crippen molar-refractivity contribution in [2.24, 2.45) is 13.0 Å². The summed E-state index contributed by atoms with van der Waals surface area (Å²) in [6.45, 7) is 2.10. The lowest BCUT2D eigenvalue weighted by atomic mass is 10.0. The fraction of sp³-hybridized carbons (Fsp3) is 0.750. The minimum atomic E-state index is 0.656. The van der Waals surface area contributed by atoms with Gasteiger partial charge in [-0.15, -0.1) is 0 Å². The number of aryl methyl sites for hydroxylation is 2. The Hall–Kier alpha value is -0.0200. The van der Waals surface area contributed by atoms with E-state index in [-0.39, 0.29) is 0 Å². The van der Waals surface area contributed by atoms with Crippen LogP contribution in [-0.2, 0) is 19.9 Å². The van der Waals surface area contributed by atoms with Gasteiger partial charge in [0.1, 0.15) is 0 Å². The smallest absolute Gasteiger partial charge is 0.0849 e. The molecule has 0 aliphatic heterocycles. The highest BCUT2D eigenvalue weighted by Gasteiger charge is 2.27. The lowest BCUT2D eigenvalue weighted by Gasteiger charge is -2.14. The van der Waals surface area contributed by atoms with Crippen molar-refractivity contribution in [1.29, 1.82) is 0 Å². The molecule has 1 aromatic rings. The number of halogens is 2. The van der Waals surface area contributed by atoms with Crippen molar-refractivity contribution in [3.05, 3.63) is 16.4 Å². The summed E-state index contributed by atoms with van der Waals surface area (Å²) >= 11 is 10.1. The Bertz CT molecular complexity index is 375. The molecule has 1 aromatic heterocycles. The molecule has 2 nitrogen and oxygen atoms in total. The van der Waals surface area contributed by atoms with Gasteiger partial charge in [0.25, 0.3) is 0 Å². The molecule has 1 fully saturated rings. The highest BCUT2D eigenvalue weighted by molar-refractivity contribution is 9.09. The molecule has 2 atom stereocenters. The molecular weight excluding hydrogens is 288 g/mol. The van der Waals surface area contributed by atoms with E-state index in [9.17, 15) is 0 Å². The maximum atomic E-state index is 6.36. The van der Waals surface area contributed by atoms with Crippen LogP contribution in [0.5, 0.6) is 0 Å². The maximum Gasteiger partial charge on any atom is 0.0849 e. The Labute approximate surface area is 110 Å². The summed E-state index contributed by atoms with van der Waals surface area (Å²) in [5, 5.41) is 5.35. The minimum Gasteiger partial charge on any atom is -0.271 e. The molecule has 0 saturated heterocycles. The second-order valence-corrected chi connectivity index (χ2v) is 6.15. The van der Waals surface area contributed by atoms with Gasteiger partial charge in [-0.3, -0.25) is 4.68 Å². The summed E-state index contributed by atoms with van der Waals surface area (Å²) in [6.07, 6.45) is 5.89. The van der Waals surface area contributed by atoms with Crippen LogP contribution in [0.4, 0.5) is 0 Å². The van der Waals surface area contributed by atoms with Crippen LogP contribution in [0.3, 0.4) is 0 Å². The van der Waals surface area contributed by atoms with Crippen LogP contribution in [0.2, 0.25) is 5.02 Å². The standard InChI is InChI=1S/C12H18BrClN2/c1-3-10-12(14)11(16(2)15-10)7-8-5-4-6-9(8)13/h8-9H,3-7H2,1-2H3. The second kappa shape index (κ2) is 5.09. The third-order valence-corrected chi connectivity index (χ3v) is 5.17. The summed E-state index contributed by atoms with van der Waals surface area (Å²) in [7, 11) is 2.00. The number of rotatable bonds is 3. The van der Waals surface area contributed by atoms with Crippen LogP contribution in [0.1, 0.15) is 37.6 Å². The molecule has 2 rings (SSSR count). The number of alkyl halides is 1. The molecule has 2 unspecified atom stereocenters. The SMILES string of the molecule is CCc1nn(C)c(CC2CCCC2Br)c1Cl. The molecular formula is C12H18BrClN2. The third-order valence-electron chi connectivity index (χ3n) is 3.52. The molecule has 0 radical (unpaired) electrons. The Kier molecular flexibility index (Phi) is 3.96. The zero-order chi connectivity index (χ0) is 11.7. The molecule has 1 heterocycles. The zero-order valence-electron chi connectivity index (χ0n) is 9.84. The van der Waals surface area contributed by atoms with Crippen molar-refractivity contribution < 1.29 is 0 Å². The fourth-order valence-corrected chi connectivity index (χ4v) is 3.66. The molecule has 0 amide bonds. The molecule has 4 heteroatoms. The topological polar surface area (TPSA) is 17.8 Å². The zero-order valence-corrected chi connectivity index (χ0v) is 12.2. The Balaban J connectivity index is 2.17. The van der Waals surface area contributed by atoms with Crippen LogP contribution in [0.15, 0.2) is 0 Å². The molecule has 16 heavy (non-hydrogen) atoms. The van der Waals surface area contributed by atoms with Gasteiger partial charge in [0.05, 0.1) is 16.4 Å². The van der Waals surface area contributed by atoms with E-state index >= 15 is 0 Å². The summed E-state index contributed by atoms with van der Waals surface area (Å²) in [4.78, 5) is 0.656. The molecule has 0 spiro atoms. The van der Waals surface area contributed by atoms with Gasteiger partial charge in [0, 0.05) is 11.9 Å². The highest BCUT2D eigenvalue weighted by Crippen LogP contribution is 2.35. The molecule has 1 aliphatic carbocycles. The first-order chi connectivity index (χ1) is 7.63. The molecule has 0 bridgehead atoms. The van der Waals surface area contributed by atoms with Crippen LogP contribution < -0.4 is 0 Å². The van der Waals surface area contributed by atoms with E-state index in [1.807, 2.05) is 11.7 Å². The molecule has 0 N–H and O–H groups in total. The first-order valence-corrected chi connectivity index (χ1v) is 7.27. The van der Waals surface area contributed by atoms with Gasteiger partial charge in [-0.25, -0.2) is 0 Å². The monoisotopic (exact) mass is 304 g/mol. The van der Waals surface area contributed by atoms with Gasteiger partial charge < -0.3 is 0 Å². The van der Waals surface area contributed by atoms with Gasteiger partial charge >= 0.3 is 0 Å². The predicted molar refractivity (Wildman–Crippen MR) is 71.4 cm³/mol. The van der Waals surface area contributed by atoms with Gasteiger partial charge in [0.2, 0.25) is 0 Å². The lowest BCUT2D eigenvalue weighted by Crippen LogP contribution is -2.12. The number of hydrogen-bond donors (Lipinski definition) is 0. The van der Waals surface area contributed by atoms with E-state index in [4.69, 9.17) is 11.6 Å². The largest absolute Gasteiger partial charge is 0.271 e. The van der Waals surface area contributed by atoms with E-state index < -0.39 is 0 Å². The Morgan fingerprint density at radius 3 is 2.75 bits per heavy atom. The highest BCUT2D eigenvalue weighted by atomic mass is 79.9. The van der Waals surface area contributed by atoms with Crippen LogP contribution in [-0.4, -0.2) is 14.6 Å². The van der Waals surface area contributed by atoms with Gasteiger partial charge in [0.15, 0.2) is 0 Å². The van der Waals surface area contributed by atoms with Gasteiger partial charge in [-0.1, -0.05) is 40.9 Å². The lowest BCUT2D eigenvalue weighted by molar-refractivity contribution is 0.534. The average Bonchev–Trinajstić information content (AvgIpc) is 2.77. The maximum absolute atomic E-state index is 6.36. The number of hydrogen-bond acceptors (Lipinski definition) is 1. The first kappa shape index (κ1) is 12.4. The van der Waals surface area contributed by atoms with Crippen molar-refractivity contribution in [2.75, 3.05) is 0 Å². The van der Waals surface area contributed by atoms with E-state index in [0.717, 1.165) is 29.5 Å². The van der Waals surface area contributed by atoms with Crippen molar-refractivity contribution in [1.82, 2.24) is 9.78 Å². The summed E-state index contributed by atoms with van der Waals surface area (Å²) in [5.74, 6) is 0.720. The predicted octanol–water partition coefficient (Wildman–Crippen LogP) is 3.74. The summed E-state index contributed by atoms with van der Waals surface area (Å²) in [6, 6.07) is 0. The quantitative estimate of drug-likeness (QED) is 0.778. The van der Waals surface area contributed by atoms with E-state index in [1.165, 1.54) is 25.0 Å². The fourth-order valence-electron chi connectivity index (χ4n) is 2.51. The van der Waals surface area contributed by atoms with Gasteiger partial charge in [-0.05, 0) is 31.6 Å². The molecule has 1 aliphatic rings. The summed E-state index contributed by atoms with van der Waals surface area (Å²) < 4.78 is 1.96. The van der Waals surface area contributed by atoms with Crippen LogP contribution in [0, 0.1) is 5.92 Å². The first-order valence-electron chi connectivity index (χ1n) is 5.97. The van der Waals surface area contributed by atoms with Crippen molar-refractivity contribution in [2.45, 2.75) is 43.9 Å². The third kappa shape index (κ3) is 2.30. The average molecular weight is 306 g/mol. The van der Waals surface area contributed by atoms with Crippen molar-refractivity contribution >= 4 is 27.5 Å². The second-order valence-electron chi connectivity index (χ2n) is 4.60. The van der Waals surface area contributed by atoms with Crippen LogP contribution in [0.25, 0.3) is 0 Å². The van der Waals surface area contributed by atoms with E-state index in [2.05, 4.69) is 28.0 Å². The number of nitrogens with zero attached hydrogens (tertiary/aromatic N) is 2. The normalized spacial score (nSPS) is 25.2. The van der Waals surface area contributed by atoms with E-state index in [1.54, 1.807) is 0 Å². The Morgan fingerprint density at radius 1 is 1.50 bits per heavy atom. The van der Waals surface area contributed by atoms with Gasteiger partial charge in [-0.2, -0.15) is 5.10 Å². The van der Waals surface area contributed by atoms with Crippen molar-refractivity contribution in [3.63, 3.8) is 0 Å². The molecule has 0 aromatic carbocycles.